The molecule has 0 fully saturated rings. The highest BCUT2D eigenvalue weighted by atomic mass is 79.9. The van der Waals surface area contributed by atoms with Crippen molar-refractivity contribution in [1.29, 1.82) is 5.41 Å². The van der Waals surface area contributed by atoms with E-state index in [0.717, 1.165) is 25.7 Å². The molecule has 0 unspecified atom stereocenters. The minimum absolute atomic E-state index is 0.0134. The molecule has 170 valence electrons. The number of ether oxygens (including phenoxy) is 2. The number of amidine groups is 2. The highest BCUT2D eigenvalue weighted by molar-refractivity contribution is 9.10. The fourth-order valence-electron chi connectivity index (χ4n) is 3.17. The van der Waals surface area contributed by atoms with Crippen molar-refractivity contribution in [3.63, 3.8) is 0 Å². The molecule has 0 spiro atoms. The predicted octanol–water partition coefficient (Wildman–Crippen LogP) is 5.64. The number of carbonyl (C=O) groups is 1. The molecule has 2 aliphatic heterocycles. The summed E-state index contributed by atoms with van der Waals surface area (Å²) in [6.45, 7) is 0.815. The Hall–Kier alpha value is -3.21. The van der Waals surface area contributed by atoms with E-state index >= 15 is 0 Å². The summed E-state index contributed by atoms with van der Waals surface area (Å²) < 4.78 is 12.4. The van der Waals surface area contributed by atoms with Crippen LogP contribution in [-0.2, 0) is 4.79 Å². The maximum atomic E-state index is 12.6. The zero-order valence-electron chi connectivity index (χ0n) is 17.6. The average Bonchev–Trinajstić information content (AvgIpc) is 3.52. The van der Waals surface area contributed by atoms with Gasteiger partial charge in [-0.05, 0) is 71.2 Å². The van der Waals surface area contributed by atoms with E-state index < -0.39 is 5.91 Å². The van der Waals surface area contributed by atoms with E-state index in [1.807, 2.05) is 66.0 Å². The van der Waals surface area contributed by atoms with Gasteiger partial charge in [0.25, 0.3) is 5.91 Å². The third-order valence-electron chi connectivity index (χ3n) is 4.81. The van der Waals surface area contributed by atoms with Crippen LogP contribution in [0.15, 0.2) is 86.2 Å². The SMILES string of the molecule is N=C1C(=Cc2ccc(OCCOc3ccc(Br)cc3)cc2)C(=O)N=C2SC(c3cccs3)=NN12. The van der Waals surface area contributed by atoms with Gasteiger partial charge in [0.1, 0.15) is 29.8 Å². The number of nitrogens with zero attached hydrogens (tertiary/aromatic N) is 3. The van der Waals surface area contributed by atoms with Gasteiger partial charge < -0.3 is 9.47 Å². The van der Waals surface area contributed by atoms with Crippen molar-refractivity contribution in [3.05, 3.63) is 86.5 Å². The number of hydrogen-bond donors (Lipinski definition) is 1. The Kier molecular flexibility index (Phi) is 6.61. The largest absolute Gasteiger partial charge is 0.490 e. The van der Waals surface area contributed by atoms with Crippen LogP contribution in [0.5, 0.6) is 11.5 Å². The Bertz CT molecular complexity index is 1320. The second-order valence-corrected chi connectivity index (χ2v) is 9.94. The smallest absolute Gasteiger partial charge is 0.283 e. The zero-order chi connectivity index (χ0) is 23.5. The lowest BCUT2D eigenvalue weighted by Crippen LogP contribution is -2.35. The number of rotatable bonds is 7. The first kappa shape index (κ1) is 22.6. The van der Waals surface area contributed by atoms with Crippen molar-refractivity contribution in [2.45, 2.75) is 0 Å². The number of hydrazone groups is 1. The van der Waals surface area contributed by atoms with Gasteiger partial charge in [-0.15, -0.1) is 11.3 Å². The molecule has 10 heteroatoms. The third-order valence-corrected chi connectivity index (χ3v) is 7.29. The molecular weight excluding hydrogens is 536 g/mol. The van der Waals surface area contributed by atoms with Crippen LogP contribution in [0.2, 0.25) is 0 Å². The van der Waals surface area contributed by atoms with Crippen LogP contribution in [0.3, 0.4) is 0 Å². The van der Waals surface area contributed by atoms with Crippen LogP contribution in [0.25, 0.3) is 6.08 Å². The summed E-state index contributed by atoms with van der Waals surface area (Å²) in [5.74, 6) is 1.03. The summed E-state index contributed by atoms with van der Waals surface area (Å²) in [4.78, 5) is 17.7. The average molecular weight is 553 g/mol. The molecule has 1 aromatic heterocycles. The maximum absolute atomic E-state index is 12.6. The van der Waals surface area contributed by atoms with Crippen LogP contribution in [0, 0.1) is 5.41 Å². The summed E-state index contributed by atoms with van der Waals surface area (Å²) in [5, 5.41) is 17.5. The van der Waals surface area contributed by atoms with Crippen molar-refractivity contribution in [2.24, 2.45) is 10.1 Å². The number of thiophene rings is 1. The molecule has 1 amide bonds. The molecule has 2 aromatic carbocycles. The molecule has 1 N–H and O–H groups in total. The lowest BCUT2D eigenvalue weighted by Gasteiger charge is -2.20. The molecule has 0 aliphatic carbocycles. The van der Waals surface area contributed by atoms with E-state index in [1.54, 1.807) is 17.4 Å². The van der Waals surface area contributed by atoms with Crippen molar-refractivity contribution >= 4 is 67.1 Å². The van der Waals surface area contributed by atoms with Crippen LogP contribution in [0.4, 0.5) is 0 Å². The van der Waals surface area contributed by atoms with Gasteiger partial charge in [0.2, 0.25) is 5.17 Å². The highest BCUT2D eigenvalue weighted by Gasteiger charge is 2.36. The first-order chi connectivity index (χ1) is 16.6. The maximum Gasteiger partial charge on any atom is 0.283 e. The molecule has 0 atom stereocenters. The zero-order valence-corrected chi connectivity index (χ0v) is 20.8. The molecule has 0 saturated carbocycles. The first-order valence-electron chi connectivity index (χ1n) is 10.2. The van der Waals surface area contributed by atoms with Gasteiger partial charge in [0, 0.05) is 4.47 Å². The number of benzene rings is 2. The molecule has 7 nitrogen and oxygen atoms in total. The molecule has 34 heavy (non-hydrogen) atoms. The molecule has 5 rings (SSSR count). The minimum atomic E-state index is -0.447. The number of thioether (sulfide) groups is 1. The summed E-state index contributed by atoms with van der Waals surface area (Å²) in [6, 6.07) is 18.8. The standard InChI is InChI=1S/C24H17BrN4O3S2/c25-16-5-9-18(10-6-16)32-12-11-31-17-7-3-15(4-8-17)14-19-21(26)29-24(27-22(19)30)34-23(28-29)20-2-1-13-33-20/h1-10,13-14,26H,11-12H2. The van der Waals surface area contributed by atoms with E-state index in [-0.39, 0.29) is 11.4 Å². The van der Waals surface area contributed by atoms with Gasteiger partial charge in [-0.25, -0.2) is 0 Å². The molecule has 3 heterocycles. The molecule has 3 aromatic rings. The Morgan fingerprint density at radius 2 is 1.68 bits per heavy atom. The van der Waals surface area contributed by atoms with E-state index in [9.17, 15) is 4.79 Å². The van der Waals surface area contributed by atoms with Crippen LogP contribution >= 0.6 is 39.0 Å². The minimum Gasteiger partial charge on any atom is -0.490 e. The van der Waals surface area contributed by atoms with Crippen molar-refractivity contribution < 1.29 is 14.3 Å². The fraction of sp³-hybridized carbons (Fsp3) is 0.0833. The highest BCUT2D eigenvalue weighted by Crippen LogP contribution is 2.32. The summed E-state index contributed by atoms with van der Waals surface area (Å²) in [7, 11) is 0. The van der Waals surface area contributed by atoms with E-state index in [4.69, 9.17) is 14.9 Å². The second-order valence-electron chi connectivity index (χ2n) is 7.12. The molecule has 0 bridgehead atoms. The van der Waals surface area contributed by atoms with Crippen LogP contribution < -0.4 is 9.47 Å². The van der Waals surface area contributed by atoms with E-state index in [2.05, 4.69) is 26.0 Å². The van der Waals surface area contributed by atoms with Gasteiger partial charge >= 0.3 is 0 Å². The number of nitrogens with one attached hydrogen (secondary N) is 1. The summed E-state index contributed by atoms with van der Waals surface area (Å²) in [5.41, 5.74) is 0.955. The third kappa shape index (κ3) is 4.98. The normalized spacial score (nSPS) is 16.4. The number of carbonyl (C=O) groups excluding carboxylic acids is 1. The quantitative estimate of drug-likeness (QED) is 0.303. The van der Waals surface area contributed by atoms with E-state index in [1.165, 1.54) is 16.8 Å². The molecule has 0 radical (unpaired) electrons. The Labute approximate surface area is 212 Å². The number of aliphatic imine (C=N–C) groups is 1. The first-order valence-corrected chi connectivity index (χ1v) is 12.7. The summed E-state index contributed by atoms with van der Waals surface area (Å²) in [6.07, 6.45) is 1.65. The van der Waals surface area contributed by atoms with Crippen molar-refractivity contribution in [2.75, 3.05) is 13.2 Å². The number of halogens is 1. The Morgan fingerprint density at radius 1 is 1.00 bits per heavy atom. The van der Waals surface area contributed by atoms with Crippen molar-refractivity contribution in [3.8, 4) is 11.5 Å². The van der Waals surface area contributed by atoms with Crippen LogP contribution in [0.1, 0.15) is 10.4 Å². The lowest BCUT2D eigenvalue weighted by molar-refractivity contribution is -0.114. The van der Waals surface area contributed by atoms with Gasteiger partial charge in [-0.1, -0.05) is 34.1 Å². The van der Waals surface area contributed by atoms with E-state index in [0.29, 0.717) is 24.1 Å². The summed E-state index contributed by atoms with van der Waals surface area (Å²) >= 11 is 6.24. The Morgan fingerprint density at radius 3 is 2.32 bits per heavy atom. The lowest BCUT2D eigenvalue weighted by atomic mass is 10.1. The molecular formula is C24H17BrN4O3S2. The number of hydrogen-bond acceptors (Lipinski definition) is 7. The monoisotopic (exact) mass is 552 g/mol. The van der Waals surface area contributed by atoms with Gasteiger partial charge in [0.05, 0.1) is 10.5 Å². The van der Waals surface area contributed by atoms with Gasteiger partial charge in [0.15, 0.2) is 5.84 Å². The van der Waals surface area contributed by atoms with Gasteiger partial charge in [-0.2, -0.15) is 15.1 Å². The fourth-order valence-corrected chi connectivity index (χ4v) is 5.12. The Balaban J connectivity index is 1.21. The predicted molar refractivity (Wildman–Crippen MR) is 140 cm³/mol. The second kappa shape index (κ2) is 9.96. The number of amides is 1. The molecule has 2 aliphatic rings. The van der Waals surface area contributed by atoms with Gasteiger partial charge in [-0.3, -0.25) is 10.2 Å². The van der Waals surface area contributed by atoms with Crippen molar-refractivity contribution in [1.82, 2.24) is 5.01 Å². The number of fused-ring (bicyclic) bond motifs is 1. The van der Waals surface area contributed by atoms with Crippen LogP contribution in [-0.4, -0.2) is 40.2 Å². The molecule has 0 saturated heterocycles. The topological polar surface area (TPSA) is 87.3 Å².